The summed E-state index contributed by atoms with van der Waals surface area (Å²) in [5.41, 5.74) is 0.745. The lowest BCUT2D eigenvalue weighted by molar-refractivity contribution is -0.432. The van der Waals surface area contributed by atoms with E-state index in [0.29, 0.717) is 84.2 Å². The summed E-state index contributed by atoms with van der Waals surface area (Å²) < 4.78 is 84.6. The van der Waals surface area contributed by atoms with Gasteiger partial charge in [-0.2, -0.15) is 8.78 Å². The van der Waals surface area contributed by atoms with Gasteiger partial charge in [0.05, 0.1) is 26.4 Å². The Morgan fingerprint density at radius 1 is 0.750 bits per heavy atom. The van der Waals surface area contributed by atoms with Crippen molar-refractivity contribution < 1.29 is 65.9 Å². The van der Waals surface area contributed by atoms with Crippen molar-refractivity contribution in [2.24, 2.45) is 0 Å². The number of unbranched alkanes of at least 4 members (excludes halogenated alkanes) is 7. The standard InChI is InChI=1S/C54H92F2N4O12/c1-8-14-32-65-39-45-46(66-33-15-9-2)47(67-34-16-10-3)48(68-35-17-11-4)54(72-45,71-37-19-13-6)53(55,56)40-57-30-24-23-28-43(59-52(64)70-38-42-26-21-20-22-27-42)49(61)58-41(7)50(62)60-31-25-29-44(60)51(63)69-36-18-12-5/h20-22,26-27,41,43-48,57H,8-19,23-25,28-40H2,1-7H3,(H,58,61)(H,59,64)/t41-,43-,44-,45+,46-,47-,48+,54+/m0/s1. The van der Waals surface area contributed by atoms with E-state index >= 15 is 8.78 Å². The Balaban J connectivity index is 1.82. The van der Waals surface area contributed by atoms with E-state index < -0.39 is 84.7 Å². The number of alkyl carbamates (subject to hydrolysis) is 1. The van der Waals surface area contributed by atoms with Crippen molar-refractivity contribution in [3.8, 4) is 0 Å². The third-order valence-corrected chi connectivity index (χ3v) is 12.9. The van der Waals surface area contributed by atoms with Gasteiger partial charge >= 0.3 is 18.0 Å². The molecule has 0 unspecified atom stereocenters. The predicted octanol–water partition coefficient (Wildman–Crippen LogP) is 8.80. The molecule has 16 nitrogen and oxygen atoms in total. The van der Waals surface area contributed by atoms with Gasteiger partial charge in [0, 0.05) is 33.0 Å². The van der Waals surface area contributed by atoms with Crippen LogP contribution < -0.4 is 16.0 Å². The Bertz CT molecular complexity index is 1650. The number of ether oxygens (including phenoxy) is 8. The number of benzene rings is 1. The van der Waals surface area contributed by atoms with Gasteiger partial charge in [0.2, 0.25) is 11.8 Å². The first kappa shape index (κ1) is 62.8. The average molecular weight is 1030 g/mol. The molecule has 0 aromatic heterocycles. The summed E-state index contributed by atoms with van der Waals surface area (Å²) in [4.78, 5) is 54.9. The van der Waals surface area contributed by atoms with Crippen LogP contribution in [0, 0.1) is 0 Å². The molecule has 0 radical (unpaired) electrons. The topological polar surface area (TPSA) is 181 Å². The highest BCUT2D eigenvalue weighted by Crippen LogP contribution is 2.46. The third kappa shape index (κ3) is 20.7. The molecule has 414 valence electrons. The van der Waals surface area contributed by atoms with Crippen LogP contribution in [0.2, 0.25) is 0 Å². The second-order valence-corrected chi connectivity index (χ2v) is 19.1. The minimum atomic E-state index is -3.67. The summed E-state index contributed by atoms with van der Waals surface area (Å²) in [7, 11) is 0. The SMILES string of the molecule is CCCCOC[C@H]1O[C@@](OCCCC)(C(F)(F)CNCCCC[C@H](NC(=O)OCc2ccccc2)C(=O)N[C@@H](C)C(=O)N2CCC[C@H]2C(=O)OCCCC)[C@H](OCCCC)[C@@H](OCCCC)[C@H]1OCCCC. The summed E-state index contributed by atoms with van der Waals surface area (Å²) in [6.07, 6.45) is 5.99. The molecule has 72 heavy (non-hydrogen) atoms. The molecule has 2 heterocycles. The van der Waals surface area contributed by atoms with Crippen LogP contribution in [0.25, 0.3) is 0 Å². The maximum absolute atomic E-state index is 17.6. The number of esters is 1. The monoisotopic (exact) mass is 1030 g/mol. The molecule has 0 spiro atoms. The molecule has 2 fully saturated rings. The number of hydrogen-bond acceptors (Lipinski definition) is 13. The number of amides is 3. The number of nitrogens with one attached hydrogen (secondary N) is 3. The molecule has 1 aromatic carbocycles. The first-order valence-electron chi connectivity index (χ1n) is 27.4. The van der Waals surface area contributed by atoms with Crippen molar-refractivity contribution in [3.63, 3.8) is 0 Å². The van der Waals surface area contributed by atoms with E-state index in [4.69, 9.17) is 37.9 Å². The number of likely N-dealkylation sites (tertiary alicyclic amines) is 1. The van der Waals surface area contributed by atoms with Crippen LogP contribution in [-0.2, 0) is 58.9 Å². The molecule has 2 aliphatic heterocycles. The molecule has 3 rings (SSSR count). The van der Waals surface area contributed by atoms with E-state index in [1.54, 1.807) is 12.1 Å². The average Bonchev–Trinajstić information content (AvgIpc) is 3.87. The van der Waals surface area contributed by atoms with Gasteiger partial charge in [-0.15, -0.1) is 0 Å². The molecule has 3 amide bonds. The number of halogens is 2. The molecule has 8 atom stereocenters. The summed E-state index contributed by atoms with van der Waals surface area (Å²) in [6.45, 7) is 14.8. The van der Waals surface area contributed by atoms with Crippen molar-refractivity contribution in [1.29, 1.82) is 0 Å². The fourth-order valence-corrected chi connectivity index (χ4v) is 8.55. The molecular formula is C54H92F2N4O12. The van der Waals surface area contributed by atoms with E-state index in [1.165, 1.54) is 11.8 Å². The first-order chi connectivity index (χ1) is 34.8. The Labute approximate surface area is 429 Å². The van der Waals surface area contributed by atoms with Crippen molar-refractivity contribution in [3.05, 3.63) is 35.9 Å². The highest BCUT2D eigenvalue weighted by molar-refractivity contribution is 5.93. The van der Waals surface area contributed by atoms with Gasteiger partial charge in [0.25, 0.3) is 5.79 Å². The summed E-state index contributed by atoms with van der Waals surface area (Å²) in [5.74, 6) is -7.79. The number of nitrogens with zero attached hydrogens (tertiary/aromatic N) is 1. The van der Waals surface area contributed by atoms with E-state index in [-0.39, 0.29) is 46.0 Å². The zero-order chi connectivity index (χ0) is 52.6. The minimum absolute atomic E-state index is 0.00342. The van der Waals surface area contributed by atoms with E-state index in [2.05, 4.69) is 29.8 Å². The van der Waals surface area contributed by atoms with Crippen molar-refractivity contribution in [2.75, 3.05) is 65.9 Å². The lowest BCUT2D eigenvalue weighted by Crippen LogP contribution is -2.75. The van der Waals surface area contributed by atoms with Crippen LogP contribution in [0.1, 0.15) is 163 Å². The van der Waals surface area contributed by atoms with Gasteiger partial charge in [-0.05, 0) is 89.7 Å². The predicted molar refractivity (Wildman–Crippen MR) is 272 cm³/mol. The molecule has 18 heteroatoms. The molecule has 3 N–H and O–H groups in total. The number of hydrogen-bond donors (Lipinski definition) is 3. The second kappa shape index (κ2) is 35.6. The quantitative estimate of drug-likeness (QED) is 0.0421. The molecule has 2 saturated heterocycles. The van der Waals surface area contributed by atoms with Gasteiger partial charge in [0.1, 0.15) is 49.1 Å². The lowest BCUT2D eigenvalue weighted by Gasteiger charge is -2.54. The maximum atomic E-state index is 17.6. The van der Waals surface area contributed by atoms with Gasteiger partial charge < -0.3 is 58.7 Å². The summed E-state index contributed by atoms with van der Waals surface area (Å²) in [6, 6.07) is 6.14. The lowest BCUT2D eigenvalue weighted by atomic mass is 9.87. The molecule has 2 aliphatic rings. The van der Waals surface area contributed by atoms with Crippen LogP contribution in [0.5, 0.6) is 0 Å². The zero-order valence-electron chi connectivity index (χ0n) is 44.8. The molecule has 0 bridgehead atoms. The number of rotatable bonds is 39. The highest BCUT2D eigenvalue weighted by atomic mass is 19.3. The summed E-state index contributed by atoms with van der Waals surface area (Å²) in [5, 5.41) is 8.31. The normalized spacial score (nSPS) is 22.1. The Morgan fingerprint density at radius 2 is 1.36 bits per heavy atom. The first-order valence-corrected chi connectivity index (χ1v) is 27.4. The summed E-state index contributed by atoms with van der Waals surface area (Å²) >= 11 is 0. The number of carbonyl (C=O) groups excluding carboxylic acids is 4. The molecule has 0 aliphatic carbocycles. The molecule has 0 saturated carbocycles. The van der Waals surface area contributed by atoms with Gasteiger partial charge in [-0.25, -0.2) is 9.59 Å². The number of carbonyl (C=O) groups is 4. The van der Waals surface area contributed by atoms with Crippen molar-refractivity contribution in [1.82, 2.24) is 20.9 Å². The Hall–Kier alpha value is -3.52. The van der Waals surface area contributed by atoms with Gasteiger partial charge in [-0.1, -0.05) is 110 Å². The maximum Gasteiger partial charge on any atom is 0.408 e. The van der Waals surface area contributed by atoms with E-state index in [1.807, 2.05) is 45.9 Å². The Kier molecular flexibility index (Phi) is 31.1. The van der Waals surface area contributed by atoms with E-state index in [9.17, 15) is 19.2 Å². The fourth-order valence-electron chi connectivity index (χ4n) is 8.55. The van der Waals surface area contributed by atoms with Crippen molar-refractivity contribution in [2.45, 2.75) is 218 Å². The smallest absolute Gasteiger partial charge is 0.408 e. The van der Waals surface area contributed by atoms with Crippen LogP contribution in [-0.4, -0.2) is 149 Å². The van der Waals surface area contributed by atoms with Gasteiger partial charge in [0.15, 0.2) is 0 Å². The third-order valence-electron chi connectivity index (χ3n) is 12.9. The van der Waals surface area contributed by atoms with Gasteiger partial charge in [-0.3, -0.25) is 9.59 Å². The fraction of sp³-hybridized carbons (Fsp3) is 0.815. The molecule has 1 aromatic rings. The van der Waals surface area contributed by atoms with Crippen LogP contribution in [0.15, 0.2) is 30.3 Å². The Morgan fingerprint density at radius 3 is 2.03 bits per heavy atom. The largest absolute Gasteiger partial charge is 0.464 e. The highest BCUT2D eigenvalue weighted by Gasteiger charge is 2.69. The van der Waals surface area contributed by atoms with E-state index in [0.717, 1.165) is 50.5 Å². The van der Waals surface area contributed by atoms with Crippen LogP contribution in [0.4, 0.5) is 13.6 Å². The second-order valence-electron chi connectivity index (χ2n) is 19.1. The van der Waals surface area contributed by atoms with Crippen molar-refractivity contribution >= 4 is 23.9 Å². The van der Waals surface area contributed by atoms with Crippen LogP contribution in [0.3, 0.4) is 0 Å². The zero-order valence-corrected chi connectivity index (χ0v) is 44.8. The number of alkyl halides is 2. The van der Waals surface area contributed by atoms with Crippen LogP contribution >= 0.6 is 0 Å². The molecular weight excluding hydrogens is 935 g/mol. The minimum Gasteiger partial charge on any atom is -0.464 e.